The Hall–Kier alpha value is -0.810. The molecule has 0 amide bonds. The lowest BCUT2D eigenvalue weighted by Gasteiger charge is -2.35. The first-order valence-electron chi connectivity index (χ1n) is 7.35. The molecule has 1 N–H and O–H groups in total. The second-order valence-electron chi connectivity index (χ2n) is 7.10. The van der Waals surface area contributed by atoms with Crippen LogP contribution in [0.3, 0.4) is 0 Å². The summed E-state index contributed by atoms with van der Waals surface area (Å²) >= 11 is 0. The van der Waals surface area contributed by atoms with Gasteiger partial charge in [0.1, 0.15) is 0 Å². The van der Waals surface area contributed by atoms with Crippen molar-refractivity contribution in [2.45, 2.75) is 51.7 Å². The third kappa shape index (κ3) is 2.53. The van der Waals surface area contributed by atoms with Crippen molar-refractivity contribution in [2.75, 3.05) is 11.5 Å². The maximum atomic E-state index is 11.9. The van der Waals surface area contributed by atoms with Crippen LogP contribution in [-0.2, 0) is 16.3 Å². The van der Waals surface area contributed by atoms with Gasteiger partial charge in [-0.1, -0.05) is 13.8 Å². The van der Waals surface area contributed by atoms with E-state index in [2.05, 4.69) is 18.4 Å². The van der Waals surface area contributed by atoms with Gasteiger partial charge in [-0.3, -0.25) is 0 Å². The third-order valence-electron chi connectivity index (χ3n) is 4.64. The SMILES string of the molecule is CC1(C)Cc2c(ccn2C2CCCS(=O)(=O)C2)C(O)C1. The van der Waals surface area contributed by atoms with Gasteiger partial charge in [0.15, 0.2) is 9.84 Å². The molecular weight excluding hydrogens is 274 g/mol. The van der Waals surface area contributed by atoms with Crippen molar-refractivity contribution in [3.8, 4) is 0 Å². The molecule has 20 heavy (non-hydrogen) atoms. The van der Waals surface area contributed by atoms with Crippen molar-refractivity contribution in [2.24, 2.45) is 5.41 Å². The molecule has 2 heterocycles. The van der Waals surface area contributed by atoms with Crippen molar-refractivity contribution < 1.29 is 13.5 Å². The normalized spacial score (nSPS) is 31.8. The highest BCUT2D eigenvalue weighted by atomic mass is 32.2. The minimum absolute atomic E-state index is 0.0404. The highest BCUT2D eigenvalue weighted by Gasteiger charge is 2.35. The first-order valence-corrected chi connectivity index (χ1v) is 9.18. The molecule has 5 heteroatoms. The largest absolute Gasteiger partial charge is 0.388 e. The van der Waals surface area contributed by atoms with Gasteiger partial charge >= 0.3 is 0 Å². The molecule has 3 rings (SSSR count). The molecule has 1 aromatic rings. The zero-order chi connectivity index (χ0) is 14.5. The summed E-state index contributed by atoms with van der Waals surface area (Å²) in [5.74, 6) is 0.561. The summed E-state index contributed by atoms with van der Waals surface area (Å²) in [5, 5.41) is 10.3. The predicted octanol–water partition coefficient (Wildman–Crippen LogP) is 2.24. The van der Waals surface area contributed by atoms with E-state index in [-0.39, 0.29) is 17.2 Å². The summed E-state index contributed by atoms with van der Waals surface area (Å²) in [5.41, 5.74) is 2.19. The Labute approximate surface area is 120 Å². The van der Waals surface area contributed by atoms with E-state index in [0.29, 0.717) is 5.75 Å². The van der Waals surface area contributed by atoms with Crippen molar-refractivity contribution in [1.29, 1.82) is 0 Å². The zero-order valence-corrected chi connectivity index (χ0v) is 13.0. The topological polar surface area (TPSA) is 59.3 Å². The molecule has 1 aliphatic carbocycles. The van der Waals surface area contributed by atoms with Crippen LogP contribution in [0.4, 0.5) is 0 Å². The van der Waals surface area contributed by atoms with Crippen LogP contribution in [0.15, 0.2) is 12.3 Å². The average Bonchev–Trinajstić information content (AvgIpc) is 2.69. The molecule has 2 atom stereocenters. The van der Waals surface area contributed by atoms with E-state index in [0.717, 1.165) is 36.9 Å². The first kappa shape index (κ1) is 14.1. The van der Waals surface area contributed by atoms with Crippen LogP contribution >= 0.6 is 0 Å². The van der Waals surface area contributed by atoms with Crippen LogP contribution in [-0.4, -0.2) is 29.6 Å². The molecule has 1 fully saturated rings. The van der Waals surface area contributed by atoms with E-state index < -0.39 is 15.9 Å². The van der Waals surface area contributed by atoms with Crippen molar-refractivity contribution in [3.05, 3.63) is 23.5 Å². The first-order chi connectivity index (χ1) is 9.27. The van der Waals surface area contributed by atoms with Gasteiger partial charge in [-0.05, 0) is 37.2 Å². The lowest BCUT2D eigenvalue weighted by Crippen LogP contribution is -2.31. The fraction of sp³-hybridized carbons (Fsp3) is 0.733. The molecule has 0 saturated carbocycles. The van der Waals surface area contributed by atoms with Crippen LogP contribution in [0.1, 0.15) is 56.5 Å². The Morgan fingerprint density at radius 3 is 2.85 bits per heavy atom. The Morgan fingerprint density at radius 1 is 1.40 bits per heavy atom. The number of hydrogen-bond donors (Lipinski definition) is 1. The maximum absolute atomic E-state index is 11.9. The lowest BCUT2D eigenvalue weighted by atomic mass is 9.75. The lowest BCUT2D eigenvalue weighted by molar-refractivity contribution is 0.0975. The van der Waals surface area contributed by atoms with E-state index >= 15 is 0 Å². The molecule has 1 saturated heterocycles. The summed E-state index contributed by atoms with van der Waals surface area (Å²) < 4.78 is 25.8. The summed E-state index contributed by atoms with van der Waals surface area (Å²) in [6.07, 6.45) is 4.88. The third-order valence-corrected chi connectivity index (χ3v) is 6.45. The highest BCUT2D eigenvalue weighted by Crippen LogP contribution is 2.42. The number of rotatable bonds is 1. The average molecular weight is 297 g/mol. The number of aromatic nitrogens is 1. The van der Waals surface area contributed by atoms with Crippen molar-refractivity contribution >= 4 is 9.84 Å². The van der Waals surface area contributed by atoms with E-state index in [1.54, 1.807) is 0 Å². The molecule has 2 aliphatic rings. The Kier molecular flexibility index (Phi) is 3.25. The Balaban J connectivity index is 1.97. The van der Waals surface area contributed by atoms with Gasteiger partial charge in [0.25, 0.3) is 0 Å². The standard InChI is InChI=1S/C15H23NO3S/c1-15(2)8-13-12(14(17)9-15)5-6-16(13)11-4-3-7-20(18,19)10-11/h5-6,11,14,17H,3-4,7-10H2,1-2H3. The van der Waals surface area contributed by atoms with Crippen LogP contribution < -0.4 is 0 Å². The summed E-state index contributed by atoms with van der Waals surface area (Å²) in [6.45, 7) is 4.32. The molecule has 0 radical (unpaired) electrons. The summed E-state index contributed by atoms with van der Waals surface area (Å²) in [7, 11) is -2.91. The van der Waals surface area contributed by atoms with Gasteiger partial charge in [0, 0.05) is 23.5 Å². The highest BCUT2D eigenvalue weighted by molar-refractivity contribution is 7.91. The predicted molar refractivity (Wildman–Crippen MR) is 78.4 cm³/mol. The van der Waals surface area contributed by atoms with E-state index in [1.807, 2.05) is 12.3 Å². The molecular formula is C15H23NO3S. The van der Waals surface area contributed by atoms with Gasteiger partial charge in [-0.25, -0.2) is 8.42 Å². The fourth-order valence-corrected chi connectivity index (χ4v) is 5.40. The zero-order valence-electron chi connectivity index (χ0n) is 12.2. The van der Waals surface area contributed by atoms with Crippen LogP contribution in [0.2, 0.25) is 0 Å². The number of fused-ring (bicyclic) bond motifs is 1. The van der Waals surface area contributed by atoms with E-state index in [4.69, 9.17) is 0 Å². The molecule has 0 spiro atoms. The van der Waals surface area contributed by atoms with Crippen LogP contribution in [0.25, 0.3) is 0 Å². The molecule has 1 aliphatic heterocycles. The quantitative estimate of drug-likeness (QED) is 0.865. The summed E-state index contributed by atoms with van der Waals surface area (Å²) in [4.78, 5) is 0. The minimum atomic E-state index is -2.91. The maximum Gasteiger partial charge on any atom is 0.152 e. The number of aliphatic hydroxyl groups is 1. The second kappa shape index (κ2) is 4.60. The second-order valence-corrected chi connectivity index (χ2v) is 9.33. The van der Waals surface area contributed by atoms with Gasteiger partial charge in [0.05, 0.1) is 17.6 Å². The van der Waals surface area contributed by atoms with Crippen LogP contribution in [0.5, 0.6) is 0 Å². The van der Waals surface area contributed by atoms with Gasteiger partial charge in [-0.2, -0.15) is 0 Å². The molecule has 1 aromatic heterocycles. The molecule has 2 unspecified atom stereocenters. The monoisotopic (exact) mass is 297 g/mol. The molecule has 4 nitrogen and oxygen atoms in total. The van der Waals surface area contributed by atoms with Crippen molar-refractivity contribution in [1.82, 2.24) is 4.57 Å². The summed E-state index contributed by atoms with van der Waals surface area (Å²) in [6, 6.07) is 2.01. The molecule has 0 aromatic carbocycles. The minimum Gasteiger partial charge on any atom is -0.388 e. The van der Waals surface area contributed by atoms with Crippen molar-refractivity contribution in [3.63, 3.8) is 0 Å². The van der Waals surface area contributed by atoms with E-state index in [9.17, 15) is 13.5 Å². The Morgan fingerprint density at radius 2 is 2.15 bits per heavy atom. The van der Waals surface area contributed by atoms with Gasteiger partial charge < -0.3 is 9.67 Å². The molecule has 0 bridgehead atoms. The molecule has 112 valence electrons. The fourth-order valence-electron chi connectivity index (χ4n) is 3.71. The Bertz CT molecular complexity index is 615. The number of sulfone groups is 1. The van der Waals surface area contributed by atoms with Gasteiger partial charge in [0.2, 0.25) is 0 Å². The van der Waals surface area contributed by atoms with Gasteiger partial charge in [-0.15, -0.1) is 0 Å². The number of nitrogens with zero attached hydrogens (tertiary/aromatic N) is 1. The van der Waals surface area contributed by atoms with Crippen LogP contribution in [0, 0.1) is 5.41 Å². The van der Waals surface area contributed by atoms with E-state index in [1.165, 1.54) is 0 Å². The number of hydrogen-bond acceptors (Lipinski definition) is 3. The number of aliphatic hydroxyl groups excluding tert-OH is 1. The smallest absolute Gasteiger partial charge is 0.152 e.